The summed E-state index contributed by atoms with van der Waals surface area (Å²) in [5.74, 6) is 1.41. The highest BCUT2D eigenvalue weighted by molar-refractivity contribution is 9.10. The summed E-state index contributed by atoms with van der Waals surface area (Å²) in [7, 11) is 1.67. The molecule has 4 nitrogen and oxygen atoms in total. The Balaban J connectivity index is 3.05. The lowest BCUT2D eigenvalue weighted by Gasteiger charge is -2.12. The smallest absolute Gasteiger partial charge is 0.141 e. The van der Waals surface area contributed by atoms with Gasteiger partial charge in [0.2, 0.25) is 0 Å². The summed E-state index contributed by atoms with van der Waals surface area (Å²) in [5.41, 5.74) is 6.74. The predicted molar refractivity (Wildman–Crippen MR) is 63.8 cm³/mol. The Labute approximate surface area is 98.4 Å². The van der Waals surface area contributed by atoms with Crippen molar-refractivity contribution in [1.82, 2.24) is 9.97 Å². The Morgan fingerprint density at radius 3 is 2.67 bits per heavy atom. The molecule has 0 fully saturated rings. The van der Waals surface area contributed by atoms with Crippen molar-refractivity contribution in [3.05, 3.63) is 16.0 Å². The van der Waals surface area contributed by atoms with Crippen molar-refractivity contribution >= 4 is 21.7 Å². The van der Waals surface area contributed by atoms with Gasteiger partial charge in [0.1, 0.15) is 11.6 Å². The summed E-state index contributed by atoms with van der Waals surface area (Å²) in [5, 5.41) is 0. The van der Waals surface area contributed by atoms with Gasteiger partial charge < -0.3 is 10.5 Å². The molecule has 1 rings (SSSR count). The van der Waals surface area contributed by atoms with Gasteiger partial charge in [-0.25, -0.2) is 9.97 Å². The number of aryl methyl sites for hydroxylation is 1. The van der Waals surface area contributed by atoms with E-state index in [-0.39, 0.29) is 5.92 Å². The molecule has 0 spiro atoms. The minimum absolute atomic E-state index is 0.163. The molecule has 0 bridgehead atoms. The van der Waals surface area contributed by atoms with Crippen molar-refractivity contribution in [2.24, 2.45) is 0 Å². The van der Waals surface area contributed by atoms with Gasteiger partial charge in [0, 0.05) is 13.0 Å². The normalized spacial score (nSPS) is 12.8. The van der Waals surface area contributed by atoms with Crippen LogP contribution >= 0.6 is 15.9 Å². The average Bonchev–Trinajstić information content (AvgIpc) is 2.22. The molecule has 2 N–H and O–H groups in total. The van der Waals surface area contributed by atoms with E-state index in [1.54, 1.807) is 7.11 Å². The van der Waals surface area contributed by atoms with Crippen LogP contribution in [0.15, 0.2) is 4.47 Å². The predicted octanol–water partition coefficient (Wildman–Crippen LogP) is 2.13. The van der Waals surface area contributed by atoms with E-state index < -0.39 is 0 Å². The fraction of sp³-hybridized carbons (Fsp3) is 0.600. The molecule has 5 heteroatoms. The van der Waals surface area contributed by atoms with Gasteiger partial charge >= 0.3 is 0 Å². The number of nitrogens with zero attached hydrogens (tertiary/aromatic N) is 2. The third-order valence-corrected chi connectivity index (χ3v) is 3.02. The second kappa shape index (κ2) is 5.42. The zero-order valence-electron chi connectivity index (χ0n) is 9.25. The van der Waals surface area contributed by atoms with Gasteiger partial charge in [0.05, 0.1) is 16.8 Å². The maximum absolute atomic E-state index is 5.79. The molecule has 1 aromatic heterocycles. The maximum Gasteiger partial charge on any atom is 0.141 e. The Morgan fingerprint density at radius 2 is 2.13 bits per heavy atom. The highest BCUT2D eigenvalue weighted by Crippen LogP contribution is 2.23. The van der Waals surface area contributed by atoms with Gasteiger partial charge in [-0.3, -0.25) is 0 Å². The van der Waals surface area contributed by atoms with Gasteiger partial charge in [-0.05, 0) is 22.4 Å². The Bertz CT molecular complexity index is 344. The molecule has 0 aromatic carbocycles. The summed E-state index contributed by atoms with van der Waals surface area (Å²) in [6.07, 6.45) is 0.833. The second-order valence-corrected chi connectivity index (χ2v) is 4.23. The van der Waals surface area contributed by atoms with E-state index in [1.807, 2.05) is 13.8 Å². The molecular formula is C10H16BrN3O. The van der Waals surface area contributed by atoms with E-state index >= 15 is 0 Å². The number of nitrogen functional groups attached to an aromatic ring is 1. The summed E-state index contributed by atoms with van der Waals surface area (Å²) >= 11 is 3.38. The molecule has 1 aromatic rings. The highest BCUT2D eigenvalue weighted by atomic mass is 79.9. The van der Waals surface area contributed by atoms with E-state index in [0.29, 0.717) is 12.4 Å². The van der Waals surface area contributed by atoms with Crippen molar-refractivity contribution in [3.63, 3.8) is 0 Å². The molecule has 1 unspecified atom stereocenters. The number of aromatic nitrogens is 2. The van der Waals surface area contributed by atoms with E-state index in [9.17, 15) is 0 Å². The van der Waals surface area contributed by atoms with Crippen LogP contribution in [0.3, 0.4) is 0 Å². The van der Waals surface area contributed by atoms with Crippen LogP contribution in [0.2, 0.25) is 0 Å². The van der Waals surface area contributed by atoms with Crippen LogP contribution in [-0.4, -0.2) is 23.7 Å². The first-order valence-electron chi connectivity index (χ1n) is 4.90. The summed E-state index contributed by atoms with van der Waals surface area (Å²) in [6.45, 7) is 4.66. The monoisotopic (exact) mass is 273 g/mol. The molecule has 84 valence electrons. The number of hydrogen-bond acceptors (Lipinski definition) is 4. The van der Waals surface area contributed by atoms with Gasteiger partial charge in [-0.15, -0.1) is 0 Å². The van der Waals surface area contributed by atoms with Crippen molar-refractivity contribution in [3.8, 4) is 0 Å². The lowest BCUT2D eigenvalue weighted by atomic mass is 10.1. The number of halogens is 1. The lowest BCUT2D eigenvalue weighted by Crippen LogP contribution is -2.11. The van der Waals surface area contributed by atoms with Gasteiger partial charge in [0.25, 0.3) is 0 Å². The van der Waals surface area contributed by atoms with Crippen LogP contribution < -0.4 is 5.73 Å². The first-order chi connectivity index (χ1) is 7.10. The number of rotatable bonds is 4. The minimum atomic E-state index is 0.163. The SMILES string of the molecule is CCc1nc(C(C)COC)nc(N)c1Br. The second-order valence-electron chi connectivity index (χ2n) is 3.44. The Morgan fingerprint density at radius 1 is 1.47 bits per heavy atom. The average molecular weight is 274 g/mol. The number of anilines is 1. The lowest BCUT2D eigenvalue weighted by molar-refractivity contribution is 0.181. The molecule has 0 saturated heterocycles. The van der Waals surface area contributed by atoms with Crippen molar-refractivity contribution < 1.29 is 4.74 Å². The van der Waals surface area contributed by atoms with E-state index in [2.05, 4.69) is 25.9 Å². The quantitative estimate of drug-likeness (QED) is 0.913. The minimum Gasteiger partial charge on any atom is -0.384 e. The van der Waals surface area contributed by atoms with Crippen molar-refractivity contribution in [2.75, 3.05) is 19.5 Å². The zero-order valence-corrected chi connectivity index (χ0v) is 10.8. The van der Waals surface area contributed by atoms with Crippen LogP contribution in [0.4, 0.5) is 5.82 Å². The molecule has 0 saturated carbocycles. The summed E-state index contributed by atoms with van der Waals surface area (Å²) in [4.78, 5) is 8.69. The molecule has 1 atom stereocenters. The molecule has 0 aliphatic rings. The maximum atomic E-state index is 5.79. The number of hydrogen-bond donors (Lipinski definition) is 1. The summed E-state index contributed by atoms with van der Waals surface area (Å²) < 4.78 is 5.87. The van der Waals surface area contributed by atoms with Crippen LogP contribution in [0.5, 0.6) is 0 Å². The van der Waals surface area contributed by atoms with Crippen LogP contribution in [0.25, 0.3) is 0 Å². The molecule has 1 heterocycles. The third kappa shape index (κ3) is 2.89. The van der Waals surface area contributed by atoms with Crippen LogP contribution in [0, 0.1) is 0 Å². The van der Waals surface area contributed by atoms with Gasteiger partial charge in [0.15, 0.2) is 0 Å². The number of methoxy groups -OCH3 is 1. The standard InChI is InChI=1S/C10H16BrN3O/c1-4-7-8(11)9(12)14-10(13-7)6(2)5-15-3/h6H,4-5H2,1-3H3,(H2,12,13,14). The fourth-order valence-corrected chi connectivity index (χ4v) is 1.77. The van der Waals surface area contributed by atoms with Crippen LogP contribution in [0.1, 0.15) is 31.3 Å². The van der Waals surface area contributed by atoms with Crippen LogP contribution in [-0.2, 0) is 11.2 Å². The molecular weight excluding hydrogens is 258 g/mol. The largest absolute Gasteiger partial charge is 0.384 e. The molecule has 0 amide bonds. The van der Waals surface area contributed by atoms with Crippen molar-refractivity contribution in [2.45, 2.75) is 26.2 Å². The first kappa shape index (κ1) is 12.4. The number of ether oxygens (including phenoxy) is 1. The molecule has 0 aliphatic carbocycles. The zero-order chi connectivity index (χ0) is 11.4. The molecule has 0 aliphatic heterocycles. The highest BCUT2D eigenvalue weighted by Gasteiger charge is 2.13. The first-order valence-corrected chi connectivity index (χ1v) is 5.70. The summed E-state index contributed by atoms with van der Waals surface area (Å²) in [6, 6.07) is 0. The Kier molecular flexibility index (Phi) is 4.47. The Hall–Kier alpha value is -0.680. The third-order valence-electron chi connectivity index (χ3n) is 2.16. The van der Waals surface area contributed by atoms with E-state index in [1.165, 1.54) is 0 Å². The molecule has 0 radical (unpaired) electrons. The number of nitrogens with two attached hydrogens (primary N) is 1. The van der Waals surface area contributed by atoms with Gasteiger partial charge in [-0.2, -0.15) is 0 Å². The van der Waals surface area contributed by atoms with E-state index in [4.69, 9.17) is 10.5 Å². The van der Waals surface area contributed by atoms with Gasteiger partial charge in [-0.1, -0.05) is 13.8 Å². The molecule has 15 heavy (non-hydrogen) atoms. The topological polar surface area (TPSA) is 61.0 Å². The van der Waals surface area contributed by atoms with E-state index in [0.717, 1.165) is 22.4 Å². The fourth-order valence-electron chi connectivity index (χ4n) is 1.31. The van der Waals surface area contributed by atoms with Crippen molar-refractivity contribution in [1.29, 1.82) is 0 Å².